The predicted octanol–water partition coefficient (Wildman–Crippen LogP) is 0.952. The minimum atomic E-state index is -3.07. The third-order valence-corrected chi connectivity index (χ3v) is 4.11. The van der Waals surface area contributed by atoms with E-state index in [2.05, 4.69) is 15.9 Å². The van der Waals surface area contributed by atoms with Crippen LogP contribution in [0.1, 0.15) is 11.6 Å². The van der Waals surface area contributed by atoms with Gasteiger partial charge in [0.15, 0.2) is 0 Å². The van der Waals surface area contributed by atoms with Crippen molar-refractivity contribution < 1.29 is 13.2 Å². The van der Waals surface area contributed by atoms with Crippen LogP contribution in [-0.4, -0.2) is 44.8 Å². The van der Waals surface area contributed by atoms with Gasteiger partial charge in [0, 0.05) is 17.3 Å². The fraction of sp³-hybridized carbons (Fsp3) is 0.417. The lowest BCUT2D eigenvalue weighted by Crippen LogP contribution is -2.37. The number of carbonyl (C=O) groups excluding carboxylic acids is 1. The largest absolute Gasteiger partial charge is 0.368 e. The number of halogens is 1. The maximum absolute atomic E-state index is 11.6. The number of carbonyl (C=O) groups is 1. The van der Waals surface area contributed by atoms with Crippen LogP contribution >= 0.6 is 15.9 Å². The van der Waals surface area contributed by atoms with Crippen LogP contribution in [0.25, 0.3) is 0 Å². The Balaban J connectivity index is 2.92. The van der Waals surface area contributed by atoms with E-state index in [-0.39, 0.29) is 12.3 Å². The number of benzene rings is 1. The monoisotopic (exact) mass is 348 g/mol. The summed E-state index contributed by atoms with van der Waals surface area (Å²) in [6.45, 7) is 0.249. The molecule has 0 aliphatic heterocycles. The number of sulfone groups is 1. The fourth-order valence-corrected chi connectivity index (χ4v) is 2.79. The van der Waals surface area contributed by atoms with E-state index in [9.17, 15) is 13.2 Å². The van der Waals surface area contributed by atoms with Crippen LogP contribution in [0.15, 0.2) is 28.7 Å². The summed E-state index contributed by atoms with van der Waals surface area (Å²) >= 11 is 3.33. The van der Waals surface area contributed by atoms with Crippen molar-refractivity contribution >= 4 is 31.7 Å². The molecule has 0 aliphatic rings. The van der Waals surface area contributed by atoms with Crippen molar-refractivity contribution in [2.45, 2.75) is 6.04 Å². The highest BCUT2D eigenvalue weighted by Crippen LogP contribution is 2.22. The Morgan fingerprint density at radius 1 is 1.47 bits per heavy atom. The van der Waals surface area contributed by atoms with Crippen LogP contribution in [0.4, 0.5) is 0 Å². The highest BCUT2D eigenvalue weighted by molar-refractivity contribution is 9.10. The molecular weight excluding hydrogens is 332 g/mol. The second-order valence-electron chi connectivity index (χ2n) is 4.47. The van der Waals surface area contributed by atoms with Crippen LogP contribution in [0.3, 0.4) is 0 Å². The van der Waals surface area contributed by atoms with Crippen LogP contribution in [0.2, 0.25) is 0 Å². The summed E-state index contributed by atoms with van der Waals surface area (Å²) in [6.07, 6.45) is 1.17. The molecule has 0 aromatic heterocycles. The normalized spacial score (nSPS) is 13.5. The first-order valence-electron chi connectivity index (χ1n) is 5.63. The number of likely N-dealkylation sites (N-methyl/N-ethyl adjacent to an activating group) is 1. The Hall–Kier alpha value is -0.920. The Labute approximate surface area is 121 Å². The van der Waals surface area contributed by atoms with E-state index in [0.29, 0.717) is 0 Å². The molecular formula is C12H17BrN2O3S. The van der Waals surface area contributed by atoms with E-state index in [1.54, 1.807) is 30.1 Å². The second kappa shape index (κ2) is 6.49. The third kappa shape index (κ3) is 5.30. The molecule has 0 saturated heterocycles. The molecule has 1 aromatic rings. The number of rotatable bonds is 6. The minimum absolute atomic E-state index is 0.0126. The average Bonchev–Trinajstić information content (AvgIpc) is 2.25. The first-order valence-corrected chi connectivity index (χ1v) is 8.49. The zero-order valence-electron chi connectivity index (χ0n) is 10.8. The van der Waals surface area contributed by atoms with Crippen molar-refractivity contribution in [2.24, 2.45) is 5.73 Å². The lowest BCUT2D eigenvalue weighted by Gasteiger charge is -2.25. The summed E-state index contributed by atoms with van der Waals surface area (Å²) in [5.74, 6) is -0.518. The van der Waals surface area contributed by atoms with Crippen molar-refractivity contribution in [3.63, 3.8) is 0 Å². The Morgan fingerprint density at radius 3 is 2.58 bits per heavy atom. The van der Waals surface area contributed by atoms with E-state index >= 15 is 0 Å². The Morgan fingerprint density at radius 2 is 2.11 bits per heavy atom. The Bertz CT molecular complexity index is 560. The van der Waals surface area contributed by atoms with Gasteiger partial charge in [-0.3, -0.25) is 9.69 Å². The number of amides is 1. The SMILES string of the molecule is CN(CCS(C)(=O)=O)C(C(N)=O)c1cccc(Br)c1. The summed E-state index contributed by atoms with van der Waals surface area (Å²) in [5.41, 5.74) is 6.15. The van der Waals surface area contributed by atoms with Crippen molar-refractivity contribution in [1.82, 2.24) is 4.90 Å². The summed E-state index contributed by atoms with van der Waals surface area (Å²) in [6, 6.07) is 6.60. The predicted molar refractivity (Wildman–Crippen MR) is 78.4 cm³/mol. The molecule has 1 atom stereocenters. The van der Waals surface area contributed by atoms with E-state index in [1.165, 1.54) is 6.26 Å². The first-order chi connectivity index (χ1) is 8.70. The summed E-state index contributed by atoms with van der Waals surface area (Å²) < 4.78 is 23.2. The molecule has 1 rings (SSSR count). The molecule has 19 heavy (non-hydrogen) atoms. The molecule has 0 heterocycles. The van der Waals surface area contributed by atoms with E-state index in [0.717, 1.165) is 10.0 Å². The van der Waals surface area contributed by atoms with Gasteiger partial charge in [-0.05, 0) is 24.7 Å². The van der Waals surface area contributed by atoms with Crippen molar-refractivity contribution in [2.75, 3.05) is 25.6 Å². The lowest BCUT2D eigenvalue weighted by atomic mass is 10.1. The second-order valence-corrected chi connectivity index (χ2v) is 7.65. The first kappa shape index (κ1) is 16.1. The highest BCUT2D eigenvalue weighted by Gasteiger charge is 2.23. The maximum Gasteiger partial charge on any atom is 0.239 e. The maximum atomic E-state index is 11.6. The molecule has 1 unspecified atom stereocenters. The summed E-state index contributed by atoms with van der Waals surface area (Å²) in [5, 5.41) is 0. The number of nitrogens with zero attached hydrogens (tertiary/aromatic N) is 1. The molecule has 0 saturated carbocycles. The van der Waals surface area contributed by atoms with Crippen molar-refractivity contribution in [3.8, 4) is 0 Å². The quantitative estimate of drug-likeness (QED) is 0.829. The summed E-state index contributed by atoms with van der Waals surface area (Å²) in [7, 11) is -1.39. The molecule has 1 amide bonds. The smallest absolute Gasteiger partial charge is 0.239 e. The van der Waals surface area contributed by atoms with Gasteiger partial charge in [-0.25, -0.2) is 8.42 Å². The van der Waals surface area contributed by atoms with Gasteiger partial charge in [-0.15, -0.1) is 0 Å². The number of nitrogens with two attached hydrogens (primary N) is 1. The molecule has 0 bridgehead atoms. The van der Waals surface area contributed by atoms with Crippen molar-refractivity contribution in [3.05, 3.63) is 34.3 Å². The topological polar surface area (TPSA) is 80.5 Å². The van der Waals surface area contributed by atoms with Gasteiger partial charge >= 0.3 is 0 Å². The van der Waals surface area contributed by atoms with E-state index in [1.807, 2.05) is 6.07 Å². The Kier molecular flexibility index (Phi) is 5.51. The van der Waals surface area contributed by atoms with Gasteiger partial charge in [-0.2, -0.15) is 0 Å². The molecule has 0 radical (unpaired) electrons. The van der Waals surface area contributed by atoms with Crippen LogP contribution in [0.5, 0.6) is 0 Å². The highest BCUT2D eigenvalue weighted by atomic mass is 79.9. The standard InChI is InChI=1S/C12H17BrN2O3S/c1-15(6-7-19(2,17)18)11(12(14)16)9-4-3-5-10(13)8-9/h3-5,8,11H,6-7H2,1-2H3,(H2,14,16). The molecule has 106 valence electrons. The van der Waals surface area contributed by atoms with Crippen molar-refractivity contribution in [1.29, 1.82) is 0 Å². The molecule has 1 aromatic carbocycles. The molecule has 0 aliphatic carbocycles. The molecule has 2 N–H and O–H groups in total. The molecule has 7 heteroatoms. The lowest BCUT2D eigenvalue weighted by molar-refractivity contribution is -0.122. The van der Waals surface area contributed by atoms with E-state index in [4.69, 9.17) is 5.73 Å². The van der Waals surface area contributed by atoms with Gasteiger partial charge in [-0.1, -0.05) is 28.1 Å². The van der Waals surface area contributed by atoms with Gasteiger partial charge in [0.1, 0.15) is 15.9 Å². The number of hydrogen-bond donors (Lipinski definition) is 1. The van der Waals surface area contributed by atoms with Gasteiger partial charge in [0.05, 0.1) is 5.75 Å². The van der Waals surface area contributed by atoms with Gasteiger partial charge in [0.25, 0.3) is 0 Å². The average molecular weight is 349 g/mol. The number of hydrogen-bond acceptors (Lipinski definition) is 4. The zero-order valence-corrected chi connectivity index (χ0v) is 13.2. The molecule has 0 spiro atoms. The van der Waals surface area contributed by atoms with Gasteiger partial charge < -0.3 is 5.73 Å². The summed E-state index contributed by atoms with van der Waals surface area (Å²) in [4.78, 5) is 13.2. The van der Waals surface area contributed by atoms with Crippen LogP contribution in [-0.2, 0) is 14.6 Å². The fourth-order valence-electron chi connectivity index (χ4n) is 1.75. The van der Waals surface area contributed by atoms with Crippen LogP contribution < -0.4 is 5.73 Å². The minimum Gasteiger partial charge on any atom is -0.368 e. The molecule has 5 nitrogen and oxygen atoms in total. The van der Waals surface area contributed by atoms with Crippen LogP contribution in [0, 0.1) is 0 Å². The zero-order chi connectivity index (χ0) is 14.6. The van der Waals surface area contributed by atoms with Gasteiger partial charge in [0.2, 0.25) is 5.91 Å². The van der Waals surface area contributed by atoms with E-state index < -0.39 is 21.8 Å². The number of primary amides is 1. The third-order valence-electron chi connectivity index (χ3n) is 2.69. The molecule has 0 fully saturated rings.